The molecule has 1 aliphatic heterocycles. The maximum Gasteiger partial charge on any atom is 0.238 e. The SMILES string of the molecule is Nc1ncc2c(F)cc(-c3c(F)cccc3F)n2n1.O=S(=O)(C1CC1)N1CCCC(F)C1. The number of rotatable bonds is 3. The summed E-state index contributed by atoms with van der Waals surface area (Å²) in [7, 11) is -3.13. The molecule has 3 heterocycles. The van der Waals surface area contributed by atoms with Gasteiger partial charge in [0, 0.05) is 19.2 Å². The highest BCUT2D eigenvalue weighted by Crippen LogP contribution is 2.32. The summed E-state index contributed by atoms with van der Waals surface area (Å²) in [6, 6.07) is 4.38. The summed E-state index contributed by atoms with van der Waals surface area (Å²) < 4.78 is 79.8. The number of aromatic nitrogens is 3. The molecule has 0 spiro atoms. The second kappa shape index (κ2) is 8.66. The van der Waals surface area contributed by atoms with Gasteiger partial charge in [-0.1, -0.05) is 6.07 Å². The van der Waals surface area contributed by atoms with E-state index in [1.165, 1.54) is 10.4 Å². The molecule has 2 aliphatic rings. The van der Waals surface area contributed by atoms with Crippen LogP contribution in [0.4, 0.5) is 23.5 Å². The number of halogens is 4. The number of benzene rings is 1. The number of nitrogens with two attached hydrogens (primary N) is 1. The van der Waals surface area contributed by atoms with E-state index in [9.17, 15) is 26.0 Å². The van der Waals surface area contributed by atoms with Gasteiger partial charge in [0.05, 0.1) is 22.7 Å². The molecular formula is C20H21F4N5O2S. The predicted molar refractivity (Wildman–Crippen MR) is 110 cm³/mol. The molecule has 12 heteroatoms. The molecule has 1 saturated heterocycles. The van der Waals surface area contributed by atoms with Crippen LogP contribution in [0.2, 0.25) is 0 Å². The number of hydrogen-bond acceptors (Lipinski definition) is 5. The Morgan fingerprint density at radius 3 is 2.38 bits per heavy atom. The minimum atomic E-state index is -3.13. The van der Waals surface area contributed by atoms with Crippen molar-refractivity contribution in [1.82, 2.24) is 18.9 Å². The summed E-state index contributed by atoms with van der Waals surface area (Å²) in [5, 5.41) is 3.57. The first-order chi connectivity index (χ1) is 15.2. The zero-order valence-electron chi connectivity index (χ0n) is 16.9. The van der Waals surface area contributed by atoms with Gasteiger partial charge in [-0.3, -0.25) is 0 Å². The van der Waals surface area contributed by atoms with Crippen LogP contribution in [0.5, 0.6) is 0 Å². The average Bonchev–Trinajstić information content (AvgIpc) is 3.55. The lowest BCUT2D eigenvalue weighted by atomic mass is 10.1. The fourth-order valence-corrected chi connectivity index (χ4v) is 5.49. The summed E-state index contributed by atoms with van der Waals surface area (Å²) in [6.45, 7) is 0.595. The fraction of sp³-hybridized carbons (Fsp3) is 0.400. The minimum Gasteiger partial charge on any atom is -0.367 e. The molecule has 2 fully saturated rings. The Morgan fingerprint density at radius 1 is 1.06 bits per heavy atom. The molecule has 5 rings (SSSR count). The van der Waals surface area contributed by atoms with Crippen LogP contribution in [0.1, 0.15) is 25.7 Å². The van der Waals surface area contributed by atoms with Crippen LogP contribution in [-0.2, 0) is 10.0 Å². The third-order valence-corrected chi connectivity index (χ3v) is 7.70. The lowest BCUT2D eigenvalue weighted by molar-refractivity contribution is 0.203. The lowest BCUT2D eigenvalue weighted by Gasteiger charge is -2.28. The van der Waals surface area contributed by atoms with Crippen LogP contribution in [0.25, 0.3) is 16.8 Å². The molecule has 32 heavy (non-hydrogen) atoms. The molecule has 1 unspecified atom stereocenters. The Bertz CT molecular complexity index is 1230. The Balaban J connectivity index is 0.000000165. The second-order valence-corrected chi connectivity index (χ2v) is 9.94. The molecule has 172 valence electrons. The standard InChI is InChI=1S/C12H7F3N4.C8H14FNO2S/c13-6-2-1-3-7(14)11(6)9-4-8(15)10-5-17-12(16)18-19(9)10;9-7-2-1-5-10(6-7)13(11,12)8-3-4-8/h1-5H,(H2,16,18);7-8H,1-6H2. The molecule has 3 aromatic rings. The predicted octanol–water partition coefficient (Wildman–Crippen LogP) is 3.31. The van der Waals surface area contributed by atoms with Gasteiger partial charge in [-0.15, -0.1) is 5.10 Å². The highest BCUT2D eigenvalue weighted by molar-refractivity contribution is 7.90. The zero-order chi connectivity index (χ0) is 23.0. The molecule has 0 bridgehead atoms. The Labute approximate surface area is 181 Å². The van der Waals surface area contributed by atoms with E-state index in [0.29, 0.717) is 19.4 Å². The third kappa shape index (κ3) is 4.42. The third-order valence-electron chi connectivity index (χ3n) is 5.34. The summed E-state index contributed by atoms with van der Waals surface area (Å²) in [4.78, 5) is 3.64. The number of nitrogen functional groups attached to an aromatic ring is 1. The first-order valence-electron chi connectivity index (χ1n) is 10.1. The van der Waals surface area contributed by atoms with Gasteiger partial charge in [0.2, 0.25) is 16.0 Å². The average molecular weight is 471 g/mol. The Kier molecular flexibility index (Phi) is 6.08. The van der Waals surface area contributed by atoms with Crippen LogP contribution in [0.15, 0.2) is 30.5 Å². The second-order valence-electron chi connectivity index (χ2n) is 7.73. The number of piperidine rings is 1. The maximum absolute atomic E-state index is 13.7. The highest BCUT2D eigenvalue weighted by atomic mass is 32.2. The highest BCUT2D eigenvalue weighted by Gasteiger charge is 2.41. The first kappa shape index (κ1) is 22.5. The topological polar surface area (TPSA) is 93.6 Å². The van der Waals surface area contributed by atoms with Gasteiger partial charge in [0.15, 0.2) is 5.82 Å². The van der Waals surface area contributed by atoms with Crippen molar-refractivity contribution in [3.63, 3.8) is 0 Å². The van der Waals surface area contributed by atoms with Crippen molar-refractivity contribution in [3.05, 3.63) is 47.9 Å². The summed E-state index contributed by atoms with van der Waals surface area (Å²) in [6.07, 6.45) is 2.89. The molecule has 1 aliphatic carbocycles. The van der Waals surface area contributed by atoms with Gasteiger partial charge < -0.3 is 5.73 Å². The van der Waals surface area contributed by atoms with Crippen LogP contribution in [0, 0.1) is 17.5 Å². The van der Waals surface area contributed by atoms with Crippen molar-refractivity contribution in [2.75, 3.05) is 18.8 Å². The van der Waals surface area contributed by atoms with Crippen molar-refractivity contribution < 1.29 is 26.0 Å². The largest absolute Gasteiger partial charge is 0.367 e. The summed E-state index contributed by atoms with van der Waals surface area (Å²) >= 11 is 0. The van der Waals surface area contributed by atoms with Crippen LogP contribution < -0.4 is 5.73 Å². The lowest BCUT2D eigenvalue weighted by Crippen LogP contribution is -2.42. The van der Waals surface area contributed by atoms with E-state index >= 15 is 0 Å². The summed E-state index contributed by atoms with van der Waals surface area (Å²) in [5.74, 6) is -2.42. The van der Waals surface area contributed by atoms with E-state index in [4.69, 9.17) is 5.73 Å². The van der Waals surface area contributed by atoms with Gasteiger partial charge >= 0.3 is 0 Å². The zero-order valence-corrected chi connectivity index (χ0v) is 17.7. The Morgan fingerprint density at radius 2 is 1.75 bits per heavy atom. The van der Waals surface area contributed by atoms with Gasteiger partial charge in [-0.05, 0) is 37.8 Å². The molecule has 0 amide bonds. The number of hydrogen-bond donors (Lipinski definition) is 1. The van der Waals surface area contributed by atoms with Crippen LogP contribution in [-0.4, -0.2) is 51.8 Å². The van der Waals surface area contributed by atoms with Gasteiger partial charge in [-0.25, -0.2) is 35.5 Å². The Hall–Kier alpha value is -2.73. The molecule has 2 aromatic heterocycles. The van der Waals surface area contributed by atoms with Gasteiger partial charge in [-0.2, -0.15) is 4.31 Å². The normalized spacial score (nSPS) is 19.6. The number of nitrogens with zero attached hydrogens (tertiary/aromatic N) is 4. The monoisotopic (exact) mass is 471 g/mol. The number of anilines is 1. The van der Waals surface area contributed by atoms with E-state index in [-0.39, 0.29) is 34.5 Å². The molecular weight excluding hydrogens is 450 g/mol. The van der Waals surface area contributed by atoms with Crippen molar-refractivity contribution in [1.29, 1.82) is 0 Å². The first-order valence-corrected chi connectivity index (χ1v) is 11.6. The molecule has 2 N–H and O–H groups in total. The van der Waals surface area contributed by atoms with Crippen molar-refractivity contribution >= 4 is 21.5 Å². The van der Waals surface area contributed by atoms with E-state index in [1.807, 2.05) is 0 Å². The van der Waals surface area contributed by atoms with Gasteiger partial charge in [0.25, 0.3) is 0 Å². The number of fused-ring (bicyclic) bond motifs is 1. The number of sulfonamides is 1. The van der Waals surface area contributed by atoms with Crippen LogP contribution in [0.3, 0.4) is 0 Å². The molecule has 1 atom stereocenters. The van der Waals surface area contributed by atoms with Crippen molar-refractivity contribution in [3.8, 4) is 11.3 Å². The maximum atomic E-state index is 13.7. The van der Waals surface area contributed by atoms with E-state index in [2.05, 4.69) is 10.1 Å². The minimum absolute atomic E-state index is 0.00754. The van der Waals surface area contributed by atoms with Crippen LogP contribution >= 0.6 is 0 Å². The smallest absolute Gasteiger partial charge is 0.238 e. The van der Waals surface area contributed by atoms with E-state index in [0.717, 1.165) is 41.8 Å². The molecule has 1 saturated carbocycles. The van der Waals surface area contributed by atoms with E-state index < -0.39 is 33.6 Å². The molecule has 0 radical (unpaired) electrons. The molecule has 1 aromatic carbocycles. The van der Waals surface area contributed by atoms with E-state index in [1.54, 1.807) is 0 Å². The quantitative estimate of drug-likeness (QED) is 0.592. The van der Waals surface area contributed by atoms with Gasteiger partial charge in [0.1, 0.15) is 23.3 Å². The fourth-order valence-electron chi connectivity index (χ4n) is 3.59. The number of alkyl halides is 1. The summed E-state index contributed by atoms with van der Waals surface area (Å²) in [5.41, 5.74) is 4.98. The van der Waals surface area contributed by atoms with Crippen molar-refractivity contribution in [2.24, 2.45) is 0 Å². The van der Waals surface area contributed by atoms with Crippen molar-refractivity contribution in [2.45, 2.75) is 37.1 Å². The molecule has 7 nitrogen and oxygen atoms in total.